The average molecular weight is 260 g/mol. The van der Waals surface area contributed by atoms with Crippen LogP contribution in [-0.2, 0) is 18.9 Å². The van der Waals surface area contributed by atoms with Crippen LogP contribution in [0.5, 0.6) is 0 Å². The van der Waals surface area contributed by atoms with Crippen LogP contribution < -0.4 is 11.5 Å². The van der Waals surface area contributed by atoms with Crippen LogP contribution in [0.2, 0.25) is 0 Å². The first kappa shape index (κ1) is 14.2. The SMILES string of the molecule is NCCCO[C@@H]1CO[C@H]2[C@@H]1OC[C@H]2OCCCN. The molecule has 0 saturated carbocycles. The van der Waals surface area contributed by atoms with Gasteiger partial charge in [0.05, 0.1) is 13.2 Å². The third kappa shape index (κ3) is 3.40. The molecule has 0 bridgehead atoms. The van der Waals surface area contributed by atoms with E-state index in [1.165, 1.54) is 0 Å². The van der Waals surface area contributed by atoms with E-state index in [-0.39, 0.29) is 24.4 Å². The Balaban J connectivity index is 1.72. The summed E-state index contributed by atoms with van der Waals surface area (Å²) in [5.41, 5.74) is 10.9. The highest BCUT2D eigenvalue weighted by atomic mass is 16.6. The van der Waals surface area contributed by atoms with Crippen molar-refractivity contribution in [3.63, 3.8) is 0 Å². The van der Waals surface area contributed by atoms with Crippen molar-refractivity contribution in [3.8, 4) is 0 Å². The normalized spacial score (nSPS) is 35.0. The highest BCUT2D eigenvalue weighted by molar-refractivity contribution is 4.95. The number of fused-ring (bicyclic) bond motifs is 1. The van der Waals surface area contributed by atoms with Gasteiger partial charge in [0.15, 0.2) is 0 Å². The molecule has 0 aliphatic carbocycles. The maximum atomic E-state index is 5.73. The third-order valence-corrected chi connectivity index (χ3v) is 3.32. The van der Waals surface area contributed by atoms with Gasteiger partial charge in [-0.2, -0.15) is 0 Å². The van der Waals surface area contributed by atoms with Crippen molar-refractivity contribution < 1.29 is 18.9 Å². The van der Waals surface area contributed by atoms with E-state index >= 15 is 0 Å². The Bertz CT molecular complexity index is 218. The summed E-state index contributed by atoms with van der Waals surface area (Å²) < 4.78 is 22.9. The lowest BCUT2D eigenvalue weighted by Gasteiger charge is -2.17. The quantitative estimate of drug-likeness (QED) is 0.558. The number of nitrogens with two attached hydrogens (primary N) is 2. The van der Waals surface area contributed by atoms with Gasteiger partial charge in [0.1, 0.15) is 24.4 Å². The van der Waals surface area contributed by atoms with E-state index in [9.17, 15) is 0 Å². The second-order valence-electron chi connectivity index (χ2n) is 4.70. The maximum absolute atomic E-state index is 5.73. The Labute approximate surface area is 108 Å². The molecule has 0 aromatic carbocycles. The average Bonchev–Trinajstić information content (AvgIpc) is 2.94. The van der Waals surface area contributed by atoms with E-state index < -0.39 is 0 Å². The smallest absolute Gasteiger partial charge is 0.115 e. The Morgan fingerprint density at radius 2 is 1.28 bits per heavy atom. The van der Waals surface area contributed by atoms with Crippen LogP contribution in [-0.4, -0.2) is 63.9 Å². The third-order valence-electron chi connectivity index (χ3n) is 3.32. The fourth-order valence-electron chi connectivity index (χ4n) is 2.35. The molecule has 0 unspecified atom stereocenters. The van der Waals surface area contributed by atoms with Gasteiger partial charge in [0.2, 0.25) is 0 Å². The predicted octanol–water partition coefficient (Wildman–Crippen LogP) is -0.748. The molecular formula is C12H24N2O4. The van der Waals surface area contributed by atoms with Crippen LogP contribution in [0.1, 0.15) is 12.8 Å². The minimum atomic E-state index is 0.00523. The fraction of sp³-hybridized carbons (Fsp3) is 1.00. The molecule has 2 aliphatic heterocycles. The molecule has 0 aromatic heterocycles. The van der Waals surface area contributed by atoms with Crippen LogP contribution in [0.3, 0.4) is 0 Å². The zero-order chi connectivity index (χ0) is 12.8. The maximum Gasteiger partial charge on any atom is 0.115 e. The van der Waals surface area contributed by atoms with Crippen LogP contribution in [0.25, 0.3) is 0 Å². The van der Waals surface area contributed by atoms with E-state index in [0.717, 1.165) is 12.8 Å². The molecule has 6 heteroatoms. The van der Waals surface area contributed by atoms with Gasteiger partial charge in [-0.1, -0.05) is 0 Å². The molecule has 2 aliphatic rings. The summed E-state index contributed by atoms with van der Waals surface area (Å²) in [6.45, 7) is 3.78. The molecule has 0 spiro atoms. The van der Waals surface area contributed by atoms with Gasteiger partial charge in [0, 0.05) is 13.2 Å². The molecule has 18 heavy (non-hydrogen) atoms. The number of ether oxygens (including phenoxy) is 4. The van der Waals surface area contributed by atoms with Crippen LogP contribution in [0.15, 0.2) is 0 Å². The summed E-state index contributed by atoms with van der Waals surface area (Å²) in [6, 6.07) is 0. The summed E-state index contributed by atoms with van der Waals surface area (Å²) in [7, 11) is 0. The van der Waals surface area contributed by atoms with Gasteiger partial charge in [-0.05, 0) is 25.9 Å². The molecule has 2 saturated heterocycles. The molecule has 0 amide bonds. The van der Waals surface area contributed by atoms with E-state index in [1.54, 1.807) is 0 Å². The molecule has 2 fully saturated rings. The van der Waals surface area contributed by atoms with Crippen molar-refractivity contribution in [2.24, 2.45) is 11.5 Å². The van der Waals surface area contributed by atoms with Crippen molar-refractivity contribution in [1.29, 1.82) is 0 Å². The summed E-state index contributed by atoms with van der Waals surface area (Å²) in [6.07, 6.45) is 1.78. The van der Waals surface area contributed by atoms with Gasteiger partial charge in [-0.3, -0.25) is 0 Å². The minimum absolute atomic E-state index is 0.00523. The second-order valence-corrected chi connectivity index (χ2v) is 4.70. The minimum Gasteiger partial charge on any atom is -0.373 e. The summed E-state index contributed by atoms with van der Waals surface area (Å²) in [5.74, 6) is 0. The van der Waals surface area contributed by atoms with Gasteiger partial charge in [0.25, 0.3) is 0 Å². The molecular weight excluding hydrogens is 236 g/mol. The topological polar surface area (TPSA) is 89.0 Å². The standard InChI is InChI=1S/C12H24N2O4/c13-3-1-5-15-9-7-17-12-10(8-18-11(9)12)16-6-2-4-14/h9-12H,1-8,13-14H2/t9-,10-,11-,12-/m1/s1. The van der Waals surface area contributed by atoms with Crippen LogP contribution >= 0.6 is 0 Å². The lowest BCUT2D eigenvalue weighted by Crippen LogP contribution is -2.34. The highest BCUT2D eigenvalue weighted by Crippen LogP contribution is 2.30. The first-order chi connectivity index (χ1) is 8.86. The van der Waals surface area contributed by atoms with Gasteiger partial charge < -0.3 is 30.4 Å². The van der Waals surface area contributed by atoms with Crippen LogP contribution in [0.4, 0.5) is 0 Å². The molecule has 0 radical (unpaired) electrons. The Morgan fingerprint density at radius 1 is 0.833 bits per heavy atom. The van der Waals surface area contributed by atoms with Gasteiger partial charge in [-0.15, -0.1) is 0 Å². The zero-order valence-electron chi connectivity index (χ0n) is 10.8. The number of rotatable bonds is 8. The number of hydrogen-bond acceptors (Lipinski definition) is 6. The monoisotopic (exact) mass is 260 g/mol. The van der Waals surface area contributed by atoms with E-state index in [4.69, 9.17) is 30.4 Å². The zero-order valence-corrected chi connectivity index (χ0v) is 10.8. The molecule has 4 atom stereocenters. The van der Waals surface area contributed by atoms with Crippen molar-refractivity contribution in [1.82, 2.24) is 0 Å². The molecule has 2 rings (SSSR count). The first-order valence-corrected chi connectivity index (χ1v) is 6.73. The van der Waals surface area contributed by atoms with Crippen molar-refractivity contribution in [3.05, 3.63) is 0 Å². The molecule has 6 nitrogen and oxygen atoms in total. The highest BCUT2D eigenvalue weighted by Gasteiger charge is 2.48. The van der Waals surface area contributed by atoms with Crippen molar-refractivity contribution in [2.45, 2.75) is 37.3 Å². The molecule has 2 heterocycles. The lowest BCUT2D eigenvalue weighted by atomic mass is 10.1. The Kier molecular flexibility index (Phi) is 5.81. The molecule has 106 valence electrons. The van der Waals surface area contributed by atoms with Crippen molar-refractivity contribution in [2.75, 3.05) is 39.5 Å². The van der Waals surface area contributed by atoms with Crippen molar-refractivity contribution >= 4 is 0 Å². The van der Waals surface area contributed by atoms with E-state index in [2.05, 4.69) is 0 Å². The Hall–Kier alpha value is -0.240. The van der Waals surface area contributed by atoms with Gasteiger partial charge >= 0.3 is 0 Å². The van der Waals surface area contributed by atoms with E-state index in [0.29, 0.717) is 39.5 Å². The molecule has 0 aromatic rings. The van der Waals surface area contributed by atoms with Gasteiger partial charge in [-0.25, -0.2) is 0 Å². The summed E-state index contributed by atoms with van der Waals surface area (Å²) in [4.78, 5) is 0. The fourth-order valence-corrected chi connectivity index (χ4v) is 2.35. The van der Waals surface area contributed by atoms with E-state index in [1.807, 2.05) is 0 Å². The second kappa shape index (κ2) is 7.37. The first-order valence-electron chi connectivity index (χ1n) is 6.73. The number of hydrogen-bond donors (Lipinski definition) is 2. The summed E-state index contributed by atoms with van der Waals surface area (Å²) in [5, 5.41) is 0. The predicted molar refractivity (Wildman–Crippen MR) is 66.3 cm³/mol. The van der Waals surface area contributed by atoms with Crippen LogP contribution in [0, 0.1) is 0 Å². The lowest BCUT2D eigenvalue weighted by molar-refractivity contribution is -0.0503. The largest absolute Gasteiger partial charge is 0.373 e. The molecule has 4 N–H and O–H groups in total. The Morgan fingerprint density at radius 3 is 1.67 bits per heavy atom. The summed E-state index contributed by atoms with van der Waals surface area (Å²) >= 11 is 0.